The van der Waals surface area contributed by atoms with E-state index in [4.69, 9.17) is 49.4 Å². The molecular weight excluding hydrogens is 701 g/mol. The van der Waals surface area contributed by atoms with Gasteiger partial charge in [0.15, 0.2) is 0 Å². The molecule has 0 radical (unpaired) electrons. The number of hydrogen-bond acceptors (Lipinski definition) is 13. The molecule has 6 heterocycles. The summed E-state index contributed by atoms with van der Waals surface area (Å²) in [6, 6.07) is 3.12. The lowest BCUT2D eigenvalue weighted by Crippen LogP contribution is -2.88. The van der Waals surface area contributed by atoms with E-state index in [1.54, 1.807) is 13.0 Å². The van der Waals surface area contributed by atoms with Gasteiger partial charge in [-0.3, -0.25) is 0 Å². The maximum atomic E-state index is 11.4. The monoisotopic (exact) mass is 746 g/mol. The van der Waals surface area contributed by atoms with E-state index in [0.29, 0.717) is 61.2 Å². The average Bonchev–Trinajstić information content (AvgIpc) is 2.94. The van der Waals surface area contributed by atoms with Crippen LogP contribution in [0.5, 0.6) is 0 Å². The van der Waals surface area contributed by atoms with Gasteiger partial charge in [-0.25, -0.2) is 4.79 Å². The summed E-state index contributed by atoms with van der Waals surface area (Å²) in [5.41, 5.74) is 0.269. The molecule has 6 aliphatic heterocycles. The maximum absolute atomic E-state index is 11.4. The summed E-state index contributed by atoms with van der Waals surface area (Å²) in [6.07, 6.45) is 2.69. The second-order valence-corrected chi connectivity index (χ2v) is 37.4. The number of carboxylic acid groups (broad SMARTS) is 1. The first-order chi connectivity index (χ1) is 20.2. The van der Waals surface area contributed by atoms with E-state index < -0.39 is 76.4 Å². The molecular formula is C21H46O14Si8. The van der Waals surface area contributed by atoms with Crippen LogP contribution in [-0.2, 0) is 54.2 Å². The third-order valence-electron chi connectivity index (χ3n) is 8.24. The Bertz CT molecular complexity index is 993. The second kappa shape index (κ2) is 12.2. The Labute approximate surface area is 263 Å². The van der Waals surface area contributed by atoms with E-state index in [-0.39, 0.29) is 5.57 Å². The highest BCUT2D eigenvalue weighted by Crippen LogP contribution is 2.53. The number of hydrogen-bond donors (Lipinski definition) is 1. The number of carboxylic acids is 1. The van der Waals surface area contributed by atoms with Crippen LogP contribution in [-0.4, -0.2) is 81.5 Å². The molecule has 8 bridgehead atoms. The second-order valence-electron chi connectivity index (χ2n) is 11.2. The minimum atomic E-state index is -3.83. The fraction of sp³-hybridized carbons (Fsp3) is 0.857. The average molecular weight is 747 g/mol. The van der Waals surface area contributed by atoms with Crippen LogP contribution in [0.2, 0.25) is 48.4 Å². The minimum absolute atomic E-state index is 0.269. The molecule has 0 unspecified atom stereocenters. The van der Waals surface area contributed by atoms with Crippen molar-refractivity contribution in [1.29, 1.82) is 0 Å². The quantitative estimate of drug-likeness (QED) is 0.167. The molecule has 6 fully saturated rings. The van der Waals surface area contributed by atoms with Crippen molar-refractivity contribution in [3.05, 3.63) is 11.6 Å². The normalized spacial score (nSPS) is 47.5. The van der Waals surface area contributed by atoms with Crippen molar-refractivity contribution in [2.75, 3.05) is 0 Å². The van der Waals surface area contributed by atoms with E-state index >= 15 is 0 Å². The molecule has 6 saturated heterocycles. The van der Waals surface area contributed by atoms with Crippen molar-refractivity contribution in [2.45, 2.75) is 117 Å². The molecule has 43 heavy (non-hydrogen) atoms. The summed E-state index contributed by atoms with van der Waals surface area (Å²) in [7, 11) is -29.5. The molecule has 0 spiro atoms. The molecule has 22 heteroatoms. The van der Waals surface area contributed by atoms with E-state index in [0.717, 1.165) is 0 Å². The van der Waals surface area contributed by atoms with Gasteiger partial charge in [0.25, 0.3) is 0 Å². The summed E-state index contributed by atoms with van der Waals surface area (Å²) >= 11 is 0. The Balaban J connectivity index is 1.75. The Hall–Kier alpha value is 0.465. The molecule has 0 aromatic heterocycles. The van der Waals surface area contributed by atoms with Gasteiger partial charge in [0.1, 0.15) is 0 Å². The molecule has 0 aliphatic carbocycles. The molecule has 0 saturated carbocycles. The van der Waals surface area contributed by atoms with Crippen LogP contribution in [0.3, 0.4) is 0 Å². The predicted octanol–water partition coefficient (Wildman–Crippen LogP) is 4.72. The molecule has 0 atom stereocenters. The lowest BCUT2D eigenvalue weighted by molar-refractivity contribution is -0.132. The smallest absolute Gasteiger partial charge is 0.478 e. The highest BCUT2D eigenvalue weighted by Gasteiger charge is 2.81. The molecule has 6 rings (SSSR count). The van der Waals surface area contributed by atoms with E-state index in [2.05, 4.69) is 0 Å². The zero-order valence-electron chi connectivity index (χ0n) is 26.4. The zero-order chi connectivity index (χ0) is 31.4. The van der Waals surface area contributed by atoms with Gasteiger partial charge < -0.3 is 54.5 Å². The number of allylic oxidation sites excluding steroid dienone is 1. The number of unbranched alkanes of at least 4 members (excludes halogenated alkanes) is 1. The Kier molecular flexibility index (Phi) is 9.84. The number of rotatable bonds is 12. The Morgan fingerprint density at radius 1 is 0.488 bits per heavy atom. The molecule has 0 amide bonds. The summed E-state index contributed by atoms with van der Waals surface area (Å²) in [5, 5.41) is 9.36. The fourth-order valence-electron chi connectivity index (χ4n) is 5.74. The van der Waals surface area contributed by atoms with Crippen LogP contribution in [0, 0.1) is 0 Å². The van der Waals surface area contributed by atoms with Crippen LogP contribution in [0.25, 0.3) is 0 Å². The third-order valence-corrected chi connectivity index (χ3v) is 45.1. The lowest BCUT2D eigenvalue weighted by Gasteiger charge is -2.63. The van der Waals surface area contributed by atoms with Crippen molar-refractivity contribution in [3.8, 4) is 0 Å². The topological polar surface area (TPSA) is 148 Å². The van der Waals surface area contributed by atoms with Crippen LogP contribution in [0.1, 0.15) is 68.2 Å². The van der Waals surface area contributed by atoms with E-state index in [1.807, 2.05) is 48.5 Å². The zero-order valence-corrected chi connectivity index (χ0v) is 34.4. The van der Waals surface area contributed by atoms with Crippen molar-refractivity contribution in [3.63, 3.8) is 0 Å². The molecule has 0 aromatic carbocycles. The number of aliphatic carboxylic acids is 1. The molecule has 6 aliphatic rings. The third kappa shape index (κ3) is 6.25. The minimum Gasteiger partial charge on any atom is -0.478 e. The SMILES string of the molecule is CC[Si]12O[Si]3(CC)O[Si]4(CC)O[Si](CC)(O1)O[Si]1(CC)O[Si](CC)(O2)O[Si](CC)(O3)O[Si](CCC/C=C(\C)C(=O)O)(O4)O1. The van der Waals surface area contributed by atoms with Crippen molar-refractivity contribution in [2.24, 2.45) is 0 Å². The number of carbonyl (C=O) groups is 1. The van der Waals surface area contributed by atoms with Gasteiger partial charge in [0.05, 0.1) is 0 Å². The molecule has 1 N–H and O–H groups in total. The fourth-order valence-corrected chi connectivity index (χ4v) is 55.5. The van der Waals surface area contributed by atoms with Crippen molar-refractivity contribution >= 4 is 76.4 Å². The van der Waals surface area contributed by atoms with E-state index in [9.17, 15) is 9.90 Å². The van der Waals surface area contributed by atoms with Gasteiger partial charge in [-0.15, -0.1) is 0 Å². The van der Waals surface area contributed by atoms with Crippen LogP contribution >= 0.6 is 0 Å². The van der Waals surface area contributed by atoms with Crippen LogP contribution in [0.4, 0.5) is 0 Å². The first-order valence-corrected chi connectivity index (χ1v) is 31.0. The Morgan fingerprint density at radius 3 is 0.930 bits per heavy atom. The van der Waals surface area contributed by atoms with Crippen LogP contribution < -0.4 is 0 Å². The summed E-state index contributed by atoms with van der Waals surface area (Å²) in [4.78, 5) is 11.4. The largest absolute Gasteiger partial charge is 0.478 e. The first kappa shape index (κ1) is 34.8. The van der Waals surface area contributed by atoms with Crippen LogP contribution in [0.15, 0.2) is 11.6 Å². The highest BCUT2D eigenvalue weighted by atomic mass is 28.6. The van der Waals surface area contributed by atoms with E-state index in [1.165, 1.54) is 0 Å². The summed E-state index contributed by atoms with van der Waals surface area (Å²) in [5.74, 6) is -0.957. The highest BCUT2D eigenvalue weighted by molar-refractivity contribution is 7.03. The standard InChI is InChI=1S/C21H46O14Si8/c1-9-36-24-37(10-2)27-40(13-5)29-38(11-3,25-36)31-42(15-7)32-39(12-4,26-36)30-41(14-6,28-37)34-43(33-40,35-42)19-17-16-18-20(8)21(22)23/h18H,9-17,19H2,1-8H3,(H,22,23)/b20-18+. The van der Waals surface area contributed by atoms with Gasteiger partial charge in [0, 0.05) is 53.9 Å². The summed E-state index contributed by atoms with van der Waals surface area (Å²) in [6.45, 7) is 15.3. The lowest BCUT2D eigenvalue weighted by atomic mass is 10.2. The predicted molar refractivity (Wildman–Crippen MR) is 168 cm³/mol. The van der Waals surface area contributed by atoms with Gasteiger partial charge in [-0.05, 0) is 19.8 Å². The van der Waals surface area contributed by atoms with Crippen molar-refractivity contribution in [1.82, 2.24) is 0 Å². The Morgan fingerprint density at radius 2 is 0.721 bits per heavy atom. The molecule has 14 nitrogen and oxygen atoms in total. The summed E-state index contributed by atoms with van der Waals surface area (Å²) < 4.78 is 85.2. The molecule has 246 valence electrons. The van der Waals surface area contributed by atoms with Gasteiger partial charge >= 0.3 is 76.4 Å². The first-order valence-electron chi connectivity index (χ1n) is 15.6. The van der Waals surface area contributed by atoms with Gasteiger partial charge in [0.2, 0.25) is 0 Å². The maximum Gasteiger partial charge on any atom is 0.478 e. The van der Waals surface area contributed by atoms with Gasteiger partial charge in [-0.2, -0.15) is 0 Å². The molecule has 0 aromatic rings. The van der Waals surface area contributed by atoms with Crippen molar-refractivity contribution < 1.29 is 59.3 Å². The van der Waals surface area contributed by atoms with Gasteiger partial charge in [-0.1, -0.05) is 54.5 Å².